The first-order valence-corrected chi connectivity index (χ1v) is 7.23. The molecule has 3 heteroatoms. The van der Waals surface area contributed by atoms with Crippen LogP contribution in [-0.2, 0) is 4.79 Å². The zero-order valence-corrected chi connectivity index (χ0v) is 12.0. The van der Waals surface area contributed by atoms with Crippen molar-refractivity contribution in [1.82, 2.24) is 0 Å². The summed E-state index contributed by atoms with van der Waals surface area (Å²) in [6.07, 6.45) is 16.7. The van der Waals surface area contributed by atoms with Crippen LogP contribution in [0.1, 0.15) is 31.2 Å². The van der Waals surface area contributed by atoms with Crippen LogP contribution in [0.3, 0.4) is 0 Å². The van der Waals surface area contributed by atoms with Gasteiger partial charge >= 0.3 is 0 Å². The molecular weight excluding hydrogens is 264 g/mol. The molecule has 0 atom stereocenters. The monoisotopic (exact) mass is 284 g/mol. The summed E-state index contributed by atoms with van der Waals surface area (Å²) >= 11 is 0. The predicted molar refractivity (Wildman–Crippen MR) is 84.4 cm³/mol. The molecule has 0 N–H and O–H groups in total. The summed E-state index contributed by atoms with van der Waals surface area (Å²) < 4.78 is 10.6. The van der Waals surface area contributed by atoms with E-state index in [0.29, 0.717) is 6.79 Å². The summed E-state index contributed by atoms with van der Waals surface area (Å²) in [6, 6.07) is 5.98. The van der Waals surface area contributed by atoms with Crippen molar-refractivity contribution in [3.63, 3.8) is 0 Å². The highest BCUT2D eigenvalue weighted by Gasteiger charge is 2.11. The van der Waals surface area contributed by atoms with Crippen LogP contribution in [0, 0.1) is 0 Å². The second-order valence-electron chi connectivity index (χ2n) is 4.75. The fraction of sp³-hybridized carbons (Fsp3) is 0.278. The number of rotatable bonds is 8. The van der Waals surface area contributed by atoms with Gasteiger partial charge in [-0.2, -0.15) is 0 Å². The Kier molecular flexibility index (Phi) is 6.33. The number of fused-ring (bicyclic) bond motifs is 1. The van der Waals surface area contributed by atoms with Crippen molar-refractivity contribution >= 4 is 12.4 Å². The molecule has 0 aliphatic carbocycles. The van der Waals surface area contributed by atoms with E-state index in [1.165, 1.54) is 6.08 Å². The van der Waals surface area contributed by atoms with Gasteiger partial charge in [-0.25, -0.2) is 0 Å². The normalized spacial score (nSPS) is 13.7. The Bertz CT molecular complexity index is 541. The first-order valence-electron chi connectivity index (χ1n) is 7.23. The molecule has 0 saturated heterocycles. The molecule has 2 rings (SSSR count). The number of ether oxygens (including phenoxy) is 2. The quantitative estimate of drug-likeness (QED) is 0.309. The van der Waals surface area contributed by atoms with Gasteiger partial charge in [0.25, 0.3) is 0 Å². The van der Waals surface area contributed by atoms with Crippen molar-refractivity contribution in [2.45, 2.75) is 25.7 Å². The van der Waals surface area contributed by atoms with E-state index >= 15 is 0 Å². The van der Waals surface area contributed by atoms with E-state index < -0.39 is 0 Å². The summed E-state index contributed by atoms with van der Waals surface area (Å²) in [5.41, 5.74) is 1.14. The minimum Gasteiger partial charge on any atom is -0.454 e. The molecule has 1 aromatic carbocycles. The first kappa shape index (κ1) is 15.1. The summed E-state index contributed by atoms with van der Waals surface area (Å²) in [7, 11) is 0. The van der Waals surface area contributed by atoms with Crippen LogP contribution in [0.2, 0.25) is 0 Å². The van der Waals surface area contributed by atoms with Crippen LogP contribution >= 0.6 is 0 Å². The van der Waals surface area contributed by atoms with Crippen LogP contribution < -0.4 is 9.47 Å². The Morgan fingerprint density at radius 3 is 2.62 bits per heavy atom. The summed E-state index contributed by atoms with van der Waals surface area (Å²) in [5, 5.41) is 0. The molecule has 1 aliphatic rings. The Morgan fingerprint density at radius 1 is 0.952 bits per heavy atom. The van der Waals surface area contributed by atoms with Crippen LogP contribution in [0.25, 0.3) is 6.08 Å². The largest absolute Gasteiger partial charge is 0.454 e. The van der Waals surface area contributed by atoms with Crippen molar-refractivity contribution < 1.29 is 14.3 Å². The molecule has 0 spiro atoms. The summed E-state index contributed by atoms with van der Waals surface area (Å²) in [5.74, 6) is 1.65. The summed E-state index contributed by atoms with van der Waals surface area (Å²) in [4.78, 5) is 10.0. The Balaban J connectivity index is 1.63. The molecule has 0 saturated carbocycles. The van der Waals surface area contributed by atoms with Crippen LogP contribution in [0.4, 0.5) is 0 Å². The fourth-order valence-corrected chi connectivity index (χ4v) is 2.04. The van der Waals surface area contributed by atoms with Crippen molar-refractivity contribution in [1.29, 1.82) is 0 Å². The van der Waals surface area contributed by atoms with Gasteiger partial charge in [-0.1, -0.05) is 36.4 Å². The van der Waals surface area contributed by atoms with Crippen molar-refractivity contribution in [2.75, 3.05) is 6.79 Å². The fourth-order valence-electron chi connectivity index (χ4n) is 2.04. The van der Waals surface area contributed by atoms with E-state index in [-0.39, 0.29) is 0 Å². The molecule has 1 aliphatic heterocycles. The lowest BCUT2D eigenvalue weighted by atomic mass is 10.1. The lowest BCUT2D eigenvalue weighted by Crippen LogP contribution is -1.92. The van der Waals surface area contributed by atoms with Gasteiger partial charge in [-0.05, 0) is 49.5 Å². The molecule has 0 bridgehead atoms. The maximum absolute atomic E-state index is 10.0. The highest BCUT2D eigenvalue weighted by atomic mass is 16.7. The predicted octanol–water partition coefficient (Wildman–Crippen LogP) is 4.30. The average molecular weight is 284 g/mol. The Labute approximate surface area is 125 Å². The topological polar surface area (TPSA) is 35.5 Å². The average Bonchev–Trinajstić information content (AvgIpc) is 2.97. The summed E-state index contributed by atoms with van der Waals surface area (Å²) in [6.45, 7) is 0.318. The van der Waals surface area contributed by atoms with Gasteiger partial charge in [0.05, 0.1) is 0 Å². The highest BCUT2D eigenvalue weighted by Crippen LogP contribution is 2.32. The molecule has 1 aromatic rings. The number of benzene rings is 1. The van der Waals surface area contributed by atoms with E-state index in [0.717, 1.165) is 49.0 Å². The second kappa shape index (κ2) is 8.80. The third kappa shape index (κ3) is 5.30. The molecule has 110 valence electrons. The van der Waals surface area contributed by atoms with E-state index in [1.807, 2.05) is 24.3 Å². The molecule has 0 radical (unpaired) electrons. The number of hydrogen-bond donors (Lipinski definition) is 0. The van der Waals surface area contributed by atoms with Crippen LogP contribution in [0.15, 0.2) is 48.6 Å². The minimum absolute atomic E-state index is 0.318. The maximum Gasteiger partial charge on any atom is 0.231 e. The van der Waals surface area contributed by atoms with E-state index in [4.69, 9.17) is 9.47 Å². The lowest BCUT2D eigenvalue weighted by molar-refractivity contribution is -0.104. The lowest BCUT2D eigenvalue weighted by Gasteiger charge is -1.98. The van der Waals surface area contributed by atoms with E-state index in [1.54, 1.807) is 6.08 Å². The van der Waals surface area contributed by atoms with Crippen LogP contribution in [-0.4, -0.2) is 13.1 Å². The van der Waals surface area contributed by atoms with Gasteiger partial charge < -0.3 is 9.47 Å². The zero-order chi connectivity index (χ0) is 14.8. The van der Waals surface area contributed by atoms with Gasteiger partial charge in [0, 0.05) is 0 Å². The number of unbranched alkanes of at least 4 members (excludes halogenated alkanes) is 3. The van der Waals surface area contributed by atoms with Crippen molar-refractivity contribution in [3.05, 3.63) is 54.1 Å². The number of hydrogen-bond acceptors (Lipinski definition) is 3. The van der Waals surface area contributed by atoms with Gasteiger partial charge in [0.2, 0.25) is 6.79 Å². The van der Waals surface area contributed by atoms with Crippen LogP contribution in [0.5, 0.6) is 11.5 Å². The molecule has 1 heterocycles. The van der Waals surface area contributed by atoms with Gasteiger partial charge in [0.1, 0.15) is 6.29 Å². The molecule has 0 fully saturated rings. The third-order valence-electron chi connectivity index (χ3n) is 3.14. The first-order chi connectivity index (χ1) is 10.4. The second-order valence-corrected chi connectivity index (χ2v) is 4.75. The zero-order valence-electron chi connectivity index (χ0n) is 12.0. The molecule has 0 aromatic heterocycles. The molecule has 21 heavy (non-hydrogen) atoms. The van der Waals surface area contributed by atoms with E-state index in [9.17, 15) is 4.79 Å². The Hall–Kier alpha value is -2.29. The van der Waals surface area contributed by atoms with Gasteiger partial charge in [0.15, 0.2) is 11.5 Å². The van der Waals surface area contributed by atoms with Crippen molar-refractivity contribution in [3.8, 4) is 11.5 Å². The standard InChI is InChI=1S/C18H20O3/c19-13-9-7-5-3-1-2-4-6-8-10-16-11-12-17-18(14-16)21-15-20-17/h3,5,7-14H,1-2,4,6,15H2. The van der Waals surface area contributed by atoms with Crippen molar-refractivity contribution in [2.24, 2.45) is 0 Å². The number of aldehydes is 1. The third-order valence-corrected chi connectivity index (χ3v) is 3.14. The minimum atomic E-state index is 0.318. The van der Waals surface area contributed by atoms with Gasteiger partial charge in [-0.15, -0.1) is 0 Å². The molecular formula is C18H20O3. The SMILES string of the molecule is O=CC=CC=CCCCCC=Cc1ccc2c(c1)OCO2. The molecule has 3 nitrogen and oxygen atoms in total. The van der Waals surface area contributed by atoms with Gasteiger partial charge in [-0.3, -0.25) is 4.79 Å². The number of carbonyl (C=O) groups excluding carboxylic acids is 1. The Morgan fingerprint density at radius 2 is 1.76 bits per heavy atom. The number of carbonyl (C=O) groups is 1. The molecule has 0 unspecified atom stereocenters. The smallest absolute Gasteiger partial charge is 0.231 e. The number of allylic oxidation sites excluding steroid dienone is 5. The van der Waals surface area contributed by atoms with E-state index in [2.05, 4.69) is 18.2 Å². The highest BCUT2D eigenvalue weighted by molar-refractivity contribution is 5.65. The maximum atomic E-state index is 10.0. The molecule has 0 amide bonds.